The zero-order valence-corrected chi connectivity index (χ0v) is 12.0. The minimum atomic E-state index is -0.410. The molecule has 0 spiro atoms. The Bertz CT molecular complexity index is 255. The van der Waals surface area contributed by atoms with Crippen LogP contribution in [0.25, 0.3) is 0 Å². The lowest BCUT2D eigenvalue weighted by Crippen LogP contribution is -2.43. The van der Waals surface area contributed by atoms with Crippen LogP contribution in [0.2, 0.25) is 0 Å². The smallest absolute Gasteiger partial charge is 0.312 e. The molecule has 0 bridgehead atoms. The number of esters is 1. The third-order valence-corrected chi connectivity index (χ3v) is 3.99. The highest BCUT2D eigenvalue weighted by Gasteiger charge is 2.32. The fourth-order valence-electron chi connectivity index (χ4n) is 2.78. The molecule has 1 aliphatic rings. The van der Waals surface area contributed by atoms with Crippen molar-refractivity contribution in [1.29, 1.82) is 0 Å². The van der Waals surface area contributed by atoms with Crippen molar-refractivity contribution in [2.24, 2.45) is 11.3 Å². The van der Waals surface area contributed by atoms with E-state index < -0.39 is 5.41 Å². The van der Waals surface area contributed by atoms with Gasteiger partial charge in [0.05, 0.1) is 12.5 Å². The van der Waals surface area contributed by atoms with Crippen molar-refractivity contribution in [2.75, 3.05) is 20.7 Å². The maximum atomic E-state index is 11.7. The van der Waals surface area contributed by atoms with E-state index in [4.69, 9.17) is 4.74 Å². The van der Waals surface area contributed by atoms with E-state index >= 15 is 0 Å². The second kappa shape index (κ2) is 5.85. The maximum Gasteiger partial charge on any atom is 0.312 e. The normalized spacial score (nSPS) is 26.0. The van der Waals surface area contributed by atoms with Gasteiger partial charge >= 0.3 is 5.97 Å². The Hall–Kier alpha value is -0.570. The number of rotatable bonds is 4. The highest BCUT2D eigenvalue weighted by molar-refractivity contribution is 5.76. The lowest BCUT2D eigenvalue weighted by molar-refractivity contribution is -0.152. The molecule has 3 nitrogen and oxygen atoms in total. The van der Waals surface area contributed by atoms with E-state index in [-0.39, 0.29) is 5.97 Å². The summed E-state index contributed by atoms with van der Waals surface area (Å²) in [6.45, 7) is 7.02. The first-order valence-electron chi connectivity index (χ1n) is 6.65. The number of carbonyl (C=O) groups is 1. The monoisotopic (exact) mass is 241 g/mol. The predicted molar refractivity (Wildman–Crippen MR) is 69.8 cm³/mol. The summed E-state index contributed by atoms with van der Waals surface area (Å²) in [7, 11) is 3.59. The van der Waals surface area contributed by atoms with Crippen LogP contribution in [0.5, 0.6) is 0 Å². The Labute approximate surface area is 106 Å². The minimum absolute atomic E-state index is 0.117. The first kappa shape index (κ1) is 14.5. The van der Waals surface area contributed by atoms with Gasteiger partial charge in [0.2, 0.25) is 0 Å². The van der Waals surface area contributed by atoms with Gasteiger partial charge in [-0.25, -0.2) is 0 Å². The zero-order valence-electron chi connectivity index (χ0n) is 12.0. The fourth-order valence-corrected chi connectivity index (χ4v) is 2.78. The summed E-state index contributed by atoms with van der Waals surface area (Å²) in [4.78, 5) is 14.0. The lowest BCUT2D eigenvalue weighted by Gasteiger charge is -2.37. The number of methoxy groups -OCH3 is 1. The molecule has 17 heavy (non-hydrogen) atoms. The van der Waals surface area contributed by atoms with Crippen LogP contribution in [0.3, 0.4) is 0 Å². The molecule has 0 radical (unpaired) electrons. The van der Waals surface area contributed by atoms with Gasteiger partial charge in [-0.1, -0.05) is 6.92 Å². The minimum Gasteiger partial charge on any atom is -0.469 e. The second-order valence-electron chi connectivity index (χ2n) is 6.20. The molecule has 0 atom stereocenters. The van der Waals surface area contributed by atoms with Crippen LogP contribution < -0.4 is 0 Å². The number of hydrogen-bond donors (Lipinski definition) is 0. The van der Waals surface area contributed by atoms with Gasteiger partial charge in [0.15, 0.2) is 0 Å². The van der Waals surface area contributed by atoms with Crippen molar-refractivity contribution in [1.82, 2.24) is 4.90 Å². The molecule has 0 aliphatic heterocycles. The summed E-state index contributed by atoms with van der Waals surface area (Å²) in [6, 6.07) is 0.634. The Morgan fingerprint density at radius 1 is 1.29 bits per heavy atom. The number of ether oxygens (including phenoxy) is 1. The molecule has 0 heterocycles. The Balaban J connectivity index is 2.48. The third kappa shape index (κ3) is 3.98. The topological polar surface area (TPSA) is 29.5 Å². The van der Waals surface area contributed by atoms with Gasteiger partial charge in [0.1, 0.15) is 0 Å². The largest absolute Gasteiger partial charge is 0.469 e. The van der Waals surface area contributed by atoms with Crippen LogP contribution in [0, 0.1) is 11.3 Å². The van der Waals surface area contributed by atoms with E-state index in [1.165, 1.54) is 32.8 Å². The van der Waals surface area contributed by atoms with Crippen molar-refractivity contribution < 1.29 is 9.53 Å². The summed E-state index contributed by atoms with van der Waals surface area (Å²) in [5.41, 5.74) is -0.410. The van der Waals surface area contributed by atoms with E-state index in [1.807, 2.05) is 13.8 Å². The van der Waals surface area contributed by atoms with Gasteiger partial charge in [0.25, 0.3) is 0 Å². The van der Waals surface area contributed by atoms with Crippen LogP contribution in [0.1, 0.15) is 46.5 Å². The molecule has 0 aromatic heterocycles. The third-order valence-electron chi connectivity index (χ3n) is 3.99. The molecule has 1 rings (SSSR count). The van der Waals surface area contributed by atoms with Gasteiger partial charge in [-0.3, -0.25) is 4.79 Å². The molecular formula is C14H27NO2. The fraction of sp³-hybridized carbons (Fsp3) is 0.929. The van der Waals surface area contributed by atoms with Crippen molar-refractivity contribution in [3.63, 3.8) is 0 Å². The van der Waals surface area contributed by atoms with Crippen LogP contribution in [-0.2, 0) is 9.53 Å². The first-order valence-corrected chi connectivity index (χ1v) is 6.65. The van der Waals surface area contributed by atoms with Gasteiger partial charge in [-0.05, 0) is 52.5 Å². The molecular weight excluding hydrogens is 214 g/mol. The van der Waals surface area contributed by atoms with E-state index in [2.05, 4.69) is 18.9 Å². The number of hydrogen-bond acceptors (Lipinski definition) is 3. The van der Waals surface area contributed by atoms with Gasteiger partial charge < -0.3 is 9.64 Å². The quantitative estimate of drug-likeness (QED) is 0.709. The lowest BCUT2D eigenvalue weighted by atomic mass is 9.85. The molecule has 3 heteroatoms. The molecule has 1 saturated carbocycles. The van der Waals surface area contributed by atoms with Crippen LogP contribution in [0.15, 0.2) is 0 Å². The molecule has 0 amide bonds. The maximum absolute atomic E-state index is 11.7. The Morgan fingerprint density at radius 3 is 2.29 bits per heavy atom. The highest BCUT2D eigenvalue weighted by atomic mass is 16.5. The van der Waals surface area contributed by atoms with E-state index in [1.54, 1.807) is 0 Å². The number of carbonyl (C=O) groups excluding carboxylic acids is 1. The first-order chi connectivity index (χ1) is 7.86. The second-order valence-corrected chi connectivity index (χ2v) is 6.20. The molecule has 0 unspecified atom stereocenters. The predicted octanol–water partition coefficient (Wildman–Crippen LogP) is 2.70. The molecule has 1 fully saturated rings. The van der Waals surface area contributed by atoms with Gasteiger partial charge in [0, 0.05) is 12.6 Å². The zero-order chi connectivity index (χ0) is 13.1. The Morgan fingerprint density at radius 2 is 1.82 bits per heavy atom. The van der Waals surface area contributed by atoms with E-state index in [9.17, 15) is 4.79 Å². The van der Waals surface area contributed by atoms with Gasteiger partial charge in [-0.15, -0.1) is 0 Å². The van der Waals surface area contributed by atoms with Crippen LogP contribution in [0.4, 0.5) is 0 Å². The molecule has 0 aromatic carbocycles. The summed E-state index contributed by atoms with van der Waals surface area (Å²) >= 11 is 0. The van der Waals surface area contributed by atoms with Crippen LogP contribution in [-0.4, -0.2) is 37.6 Å². The van der Waals surface area contributed by atoms with Gasteiger partial charge in [-0.2, -0.15) is 0 Å². The van der Waals surface area contributed by atoms with E-state index in [0.717, 1.165) is 12.5 Å². The SMILES string of the molecule is COC(=O)C(C)(C)CN(C)C1CCC(C)CC1. The number of nitrogens with zero attached hydrogens (tertiary/aromatic N) is 1. The van der Waals surface area contributed by atoms with Crippen molar-refractivity contribution in [3.05, 3.63) is 0 Å². The molecule has 0 saturated heterocycles. The summed E-state index contributed by atoms with van der Waals surface area (Å²) in [6.07, 6.45) is 5.14. The standard InChI is InChI=1S/C14H27NO2/c1-11-6-8-12(9-7-11)15(4)10-14(2,3)13(16)17-5/h11-12H,6-10H2,1-5H3. The summed E-state index contributed by atoms with van der Waals surface area (Å²) in [5.74, 6) is 0.752. The summed E-state index contributed by atoms with van der Waals surface area (Å²) in [5, 5.41) is 0. The Kier molecular flexibility index (Phi) is 4.99. The highest BCUT2D eigenvalue weighted by Crippen LogP contribution is 2.28. The molecule has 1 aliphatic carbocycles. The van der Waals surface area contributed by atoms with Crippen LogP contribution >= 0.6 is 0 Å². The van der Waals surface area contributed by atoms with Crippen molar-refractivity contribution >= 4 is 5.97 Å². The average Bonchev–Trinajstić information content (AvgIpc) is 2.28. The molecule has 100 valence electrons. The van der Waals surface area contributed by atoms with Crippen molar-refractivity contribution in [3.8, 4) is 0 Å². The molecule has 0 aromatic rings. The van der Waals surface area contributed by atoms with Crippen molar-refractivity contribution in [2.45, 2.75) is 52.5 Å². The molecule has 0 N–H and O–H groups in total. The van der Waals surface area contributed by atoms with E-state index in [0.29, 0.717) is 6.04 Å². The summed E-state index contributed by atoms with van der Waals surface area (Å²) < 4.78 is 4.85. The average molecular weight is 241 g/mol.